The van der Waals surface area contributed by atoms with Gasteiger partial charge in [-0.3, -0.25) is 0 Å². The van der Waals surface area contributed by atoms with Crippen molar-refractivity contribution in [3.05, 3.63) is 23.5 Å². The van der Waals surface area contributed by atoms with Crippen LogP contribution >= 0.6 is 11.8 Å². The van der Waals surface area contributed by atoms with E-state index in [9.17, 15) is 0 Å². The van der Waals surface area contributed by atoms with E-state index in [1.54, 1.807) is 11.1 Å². The Balaban J connectivity index is 1.86. The molecule has 25 heavy (non-hydrogen) atoms. The van der Waals surface area contributed by atoms with Gasteiger partial charge in [0.1, 0.15) is 0 Å². The van der Waals surface area contributed by atoms with Crippen LogP contribution in [0.2, 0.25) is 0 Å². The maximum atomic E-state index is 2.49. The fourth-order valence-corrected chi connectivity index (χ4v) is 5.04. The van der Waals surface area contributed by atoms with E-state index in [0.717, 1.165) is 5.92 Å². The quantitative estimate of drug-likeness (QED) is 0.389. The van der Waals surface area contributed by atoms with Crippen LogP contribution in [0.1, 0.15) is 109 Å². The Morgan fingerprint density at radius 3 is 2.12 bits per heavy atom. The van der Waals surface area contributed by atoms with Gasteiger partial charge in [-0.05, 0) is 75.0 Å². The van der Waals surface area contributed by atoms with Crippen molar-refractivity contribution in [2.24, 2.45) is 0 Å². The molecule has 0 aliphatic carbocycles. The molecule has 2 heteroatoms. The molecule has 1 saturated heterocycles. The number of thioether (sulfide) groups is 1. The molecule has 2 rings (SSSR count). The summed E-state index contributed by atoms with van der Waals surface area (Å²) in [4.78, 5) is 0. The molecule has 1 nitrogen and oxygen atoms in total. The van der Waals surface area contributed by atoms with Gasteiger partial charge in [0.05, 0.1) is 0 Å². The monoisotopic (exact) mass is 363 g/mol. The summed E-state index contributed by atoms with van der Waals surface area (Å²) in [7, 11) is 0. The molecule has 1 aromatic heterocycles. The summed E-state index contributed by atoms with van der Waals surface area (Å²) in [5.74, 6) is 3.51. The maximum Gasteiger partial charge on any atom is 0.0355 e. The van der Waals surface area contributed by atoms with Crippen molar-refractivity contribution in [3.8, 4) is 0 Å². The number of aryl methyl sites for hydroxylation is 1. The zero-order valence-corrected chi connectivity index (χ0v) is 18.1. The molecule has 0 radical (unpaired) electrons. The molecule has 144 valence electrons. The Hall–Kier alpha value is -0.370. The Kier molecular flexibility index (Phi) is 8.96. The first kappa shape index (κ1) is 20.9. The van der Waals surface area contributed by atoms with Crippen LogP contribution in [0.15, 0.2) is 12.4 Å². The SMILES string of the molecule is CCCCCCCCCCc1cn(C(C)(C)C)cc1C1CCSCC1. The molecule has 1 aliphatic rings. The molecule has 0 saturated carbocycles. The third-order valence-corrected chi connectivity index (χ3v) is 6.73. The average molecular weight is 364 g/mol. The molecule has 0 unspecified atom stereocenters. The summed E-state index contributed by atoms with van der Waals surface area (Å²) in [5.41, 5.74) is 3.53. The Labute approximate surface area is 161 Å². The lowest BCUT2D eigenvalue weighted by Gasteiger charge is -2.23. The molecule has 1 fully saturated rings. The summed E-state index contributed by atoms with van der Waals surface area (Å²) in [6.45, 7) is 9.28. The lowest BCUT2D eigenvalue weighted by atomic mass is 9.91. The van der Waals surface area contributed by atoms with Crippen LogP contribution in [0.4, 0.5) is 0 Å². The summed E-state index contributed by atoms with van der Waals surface area (Å²) < 4.78 is 2.48. The first-order chi connectivity index (χ1) is 12.0. The van der Waals surface area contributed by atoms with E-state index in [2.05, 4.69) is 56.4 Å². The van der Waals surface area contributed by atoms with Crippen molar-refractivity contribution in [2.45, 2.75) is 110 Å². The molecule has 1 aromatic rings. The van der Waals surface area contributed by atoms with Gasteiger partial charge in [-0.25, -0.2) is 0 Å². The van der Waals surface area contributed by atoms with E-state index in [0.29, 0.717) is 0 Å². The summed E-state index contributed by atoms with van der Waals surface area (Å²) in [5, 5.41) is 0. The maximum absolute atomic E-state index is 2.49. The zero-order valence-electron chi connectivity index (χ0n) is 17.3. The molecule has 0 atom stereocenters. The second-order valence-corrected chi connectivity index (χ2v) is 10.2. The predicted octanol–water partition coefficient (Wildman–Crippen LogP) is 7.54. The van der Waals surface area contributed by atoms with Crippen molar-refractivity contribution >= 4 is 11.8 Å². The van der Waals surface area contributed by atoms with Gasteiger partial charge >= 0.3 is 0 Å². The number of rotatable bonds is 10. The number of hydrogen-bond acceptors (Lipinski definition) is 1. The molecule has 0 spiro atoms. The molecule has 0 N–H and O–H groups in total. The second kappa shape index (κ2) is 10.7. The minimum Gasteiger partial charge on any atom is -0.349 e. The molecular formula is C23H41NS. The third kappa shape index (κ3) is 7.04. The summed E-state index contributed by atoms with van der Waals surface area (Å²) in [6, 6.07) is 0. The number of unbranched alkanes of at least 4 members (excludes halogenated alkanes) is 7. The van der Waals surface area contributed by atoms with Gasteiger partial charge in [-0.1, -0.05) is 51.9 Å². The van der Waals surface area contributed by atoms with Crippen molar-refractivity contribution in [1.29, 1.82) is 0 Å². The van der Waals surface area contributed by atoms with Gasteiger partial charge in [0.25, 0.3) is 0 Å². The Bertz CT molecular complexity index is 477. The van der Waals surface area contributed by atoms with Gasteiger partial charge in [-0.15, -0.1) is 0 Å². The van der Waals surface area contributed by atoms with E-state index in [-0.39, 0.29) is 5.54 Å². The normalized spacial score (nSPS) is 16.5. The lowest BCUT2D eigenvalue weighted by molar-refractivity contribution is 0.396. The number of aromatic nitrogens is 1. The topological polar surface area (TPSA) is 4.93 Å². The highest BCUT2D eigenvalue weighted by molar-refractivity contribution is 7.99. The highest BCUT2D eigenvalue weighted by Crippen LogP contribution is 2.35. The first-order valence-electron chi connectivity index (χ1n) is 10.8. The smallest absolute Gasteiger partial charge is 0.0355 e. The van der Waals surface area contributed by atoms with Gasteiger partial charge in [-0.2, -0.15) is 11.8 Å². The van der Waals surface area contributed by atoms with E-state index in [1.165, 1.54) is 82.1 Å². The Morgan fingerprint density at radius 1 is 0.920 bits per heavy atom. The minimum atomic E-state index is 0.204. The van der Waals surface area contributed by atoms with E-state index in [1.807, 2.05) is 0 Å². The number of hydrogen-bond donors (Lipinski definition) is 0. The molecule has 0 aromatic carbocycles. The third-order valence-electron chi connectivity index (χ3n) is 5.68. The molecule has 2 heterocycles. The fraction of sp³-hybridized carbons (Fsp3) is 0.826. The Morgan fingerprint density at radius 2 is 1.52 bits per heavy atom. The molecule has 0 amide bonds. The largest absolute Gasteiger partial charge is 0.349 e. The standard InChI is InChI=1S/C23H41NS/c1-5-6-7-8-9-10-11-12-13-21-18-24(23(2,3)4)19-22(21)20-14-16-25-17-15-20/h18-20H,5-17H2,1-4H3. The van der Waals surface area contributed by atoms with Crippen LogP contribution in [-0.2, 0) is 12.0 Å². The fourth-order valence-electron chi connectivity index (χ4n) is 3.93. The van der Waals surface area contributed by atoms with E-state index < -0.39 is 0 Å². The van der Waals surface area contributed by atoms with Gasteiger partial charge < -0.3 is 4.57 Å². The van der Waals surface area contributed by atoms with Crippen molar-refractivity contribution in [3.63, 3.8) is 0 Å². The van der Waals surface area contributed by atoms with Crippen molar-refractivity contribution in [1.82, 2.24) is 4.57 Å². The van der Waals surface area contributed by atoms with Crippen LogP contribution < -0.4 is 0 Å². The van der Waals surface area contributed by atoms with Crippen LogP contribution in [0.5, 0.6) is 0 Å². The van der Waals surface area contributed by atoms with Crippen LogP contribution in [-0.4, -0.2) is 16.1 Å². The van der Waals surface area contributed by atoms with E-state index in [4.69, 9.17) is 0 Å². The molecule has 1 aliphatic heterocycles. The summed E-state index contributed by atoms with van der Waals surface area (Å²) in [6.07, 6.45) is 20.3. The van der Waals surface area contributed by atoms with Crippen LogP contribution in [0, 0.1) is 0 Å². The highest BCUT2D eigenvalue weighted by Gasteiger charge is 2.23. The average Bonchev–Trinajstić information content (AvgIpc) is 3.02. The molecular weight excluding hydrogens is 322 g/mol. The number of nitrogens with zero attached hydrogens (tertiary/aromatic N) is 1. The first-order valence-corrected chi connectivity index (χ1v) is 12.0. The van der Waals surface area contributed by atoms with Gasteiger partial charge in [0.2, 0.25) is 0 Å². The zero-order chi connectivity index (χ0) is 18.1. The lowest BCUT2D eigenvalue weighted by Crippen LogP contribution is -2.19. The highest BCUT2D eigenvalue weighted by atomic mass is 32.2. The predicted molar refractivity (Wildman–Crippen MR) is 115 cm³/mol. The summed E-state index contributed by atoms with van der Waals surface area (Å²) >= 11 is 2.14. The second-order valence-electron chi connectivity index (χ2n) is 8.93. The molecule has 0 bridgehead atoms. The van der Waals surface area contributed by atoms with Crippen LogP contribution in [0.25, 0.3) is 0 Å². The van der Waals surface area contributed by atoms with Crippen LogP contribution in [0.3, 0.4) is 0 Å². The van der Waals surface area contributed by atoms with Crippen molar-refractivity contribution in [2.75, 3.05) is 11.5 Å². The van der Waals surface area contributed by atoms with E-state index >= 15 is 0 Å². The van der Waals surface area contributed by atoms with Gasteiger partial charge in [0.15, 0.2) is 0 Å². The van der Waals surface area contributed by atoms with Crippen molar-refractivity contribution < 1.29 is 0 Å². The van der Waals surface area contributed by atoms with Gasteiger partial charge in [0, 0.05) is 17.9 Å². The minimum absolute atomic E-state index is 0.204.